The van der Waals surface area contributed by atoms with E-state index in [2.05, 4.69) is 10.3 Å². The van der Waals surface area contributed by atoms with Crippen LogP contribution in [-0.2, 0) is 6.42 Å². The number of fused-ring (bicyclic) bond motifs is 1. The standard InChI is InChI=1S/C18H18N2O3/c1-10-7-15-12(16(21)8-10)9-13(18(23)20-15)17(22)19-14-6-4-3-5-11(14)2/h3-6,9-10H,7-8H2,1-2H3,(H,19,22)(H,20,23)/t10-/m0/s1. The maximum Gasteiger partial charge on any atom is 0.261 e. The van der Waals surface area contributed by atoms with Gasteiger partial charge in [0.25, 0.3) is 11.5 Å². The summed E-state index contributed by atoms with van der Waals surface area (Å²) < 4.78 is 0. The van der Waals surface area contributed by atoms with E-state index in [0.29, 0.717) is 29.8 Å². The van der Waals surface area contributed by atoms with Crippen molar-refractivity contribution in [3.05, 3.63) is 63.1 Å². The van der Waals surface area contributed by atoms with Crippen LogP contribution in [0.5, 0.6) is 0 Å². The van der Waals surface area contributed by atoms with Gasteiger partial charge in [-0.2, -0.15) is 0 Å². The van der Waals surface area contributed by atoms with Crippen molar-refractivity contribution in [2.24, 2.45) is 5.92 Å². The van der Waals surface area contributed by atoms with Crippen LogP contribution in [-0.4, -0.2) is 16.7 Å². The van der Waals surface area contributed by atoms with Gasteiger partial charge in [-0.15, -0.1) is 0 Å². The lowest BCUT2D eigenvalue weighted by atomic mass is 9.86. The van der Waals surface area contributed by atoms with Gasteiger partial charge in [0, 0.05) is 23.4 Å². The van der Waals surface area contributed by atoms with E-state index in [4.69, 9.17) is 0 Å². The quantitative estimate of drug-likeness (QED) is 0.895. The minimum absolute atomic E-state index is 0.0278. The second-order valence-corrected chi connectivity index (χ2v) is 6.11. The third-order valence-electron chi connectivity index (χ3n) is 4.15. The second-order valence-electron chi connectivity index (χ2n) is 6.11. The summed E-state index contributed by atoms with van der Waals surface area (Å²) in [6, 6.07) is 8.75. The van der Waals surface area contributed by atoms with Gasteiger partial charge in [0.1, 0.15) is 5.56 Å². The van der Waals surface area contributed by atoms with Crippen LogP contribution >= 0.6 is 0 Å². The lowest BCUT2D eigenvalue weighted by Crippen LogP contribution is -2.29. The molecule has 3 rings (SSSR count). The highest BCUT2D eigenvalue weighted by molar-refractivity contribution is 6.06. The van der Waals surface area contributed by atoms with Crippen LogP contribution in [0.2, 0.25) is 0 Å². The summed E-state index contributed by atoms with van der Waals surface area (Å²) in [6.45, 7) is 3.84. The monoisotopic (exact) mass is 310 g/mol. The number of amides is 1. The zero-order valence-corrected chi connectivity index (χ0v) is 13.1. The Kier molecular flexibility index (Phi) is 3.86. The summed E-state index contributed by atoms with van der Waals surface area (Å²) >= 11 is 0. The molecule has 0 fully saturated rings. The molecule has 0 aliphatic heterocycles. The minimum Gasteiger partial charge on any atom is -0.325 e. The summed E-state index contributed by atoms with van der Waals surface area (Å²) in [5, 5.41) is 2.73. The van der Waals surface area contributed by atoms with Crippen molar-refractivity contribution in [1.29, 1.82) is 0 Å². The molecule has 1 aliphatic carbocycles. The fraction of sp³-hybridized carbons (Fsp3) is 0.278. The largest absolute Gasteiger partial charge is 0.325 e. The van der Waals surface area contributed by atoms with E-state index in [1.807, 2.05) is 32.0 Å². The van der Waals surface area contributed by atoms with Crippen LogP contribution in [0.3, 0.4) is 0 Å². The van der Waals surface area contributed by atoms with Crippen molar-refractivity contribution in [3.63, 3.8) is 0 Å². The highest BCUT2D eigenvalue weighted by atomic mass is 16.2. The number of hydrogen-bond donors (Lipinski definition) is 2. The molecule has 23 heavy (non-hydrogen) atoms. The van der Waals surface area contributed by atoms with Gasteiger partial charge in [-0.25, -0.2) is 0 Å². The molecule has 1 aromatic heterocycles. The lowest BCUT2D eigenvalue weighted by molar-refractivity contribution is 0.0952. The third-order valence-corrected chi connectivity index (χ3v) is 4.15. The van der Waals surface area contributed by atoms with E-state index in [1.54, 1.807) is 6.07 Å². The minimum atomic E-state index is -0.505. The molecule has 5 heteroatoms. The number of aryl methyl sites for hydroxylation is 1. The van der Waals surface area contributed by atoms with E-state index in [1.165, 1.54) is 6.07 Å². The first-order valence-electron chi connectivity index (χ1n) is 7.62. The summed E-state index contributed by atoms with van der Waals surface area (Å²) in [5.41, 5.74) is 2.14. The summed E-state index contributed by atoms with van der Waals surface area (Å²) in [5.74, 6) is -0.327. The van der Waals surface area contributed by atoms with Gasteiger partial charge in [0.15, 0.2) is 5.78 Å². The zero-order valence-electron chi connectivity index (χ0n) is 13.1. The molecular formula is C18H18N2O3. The number of ketones is 1. The molecule has 0 spiro atoms. The highest BCUT2D eigenvalue weighted by Crippen LogP contribution is 2.23. The molecule has 0 radical (unpaired) electrons. The van der Waals surface area contributed by atoms with Gasteiger partial charge < -0.3 is 10.3 Å². The predicted molar refractivity (Wildman–Crippen MR) is 88.0 cm³/mol. The van der Waals surface area contributed by atoms with Crippen molar-refractivity contribution in [1.82, 2.24) is 4.98 Å². The number of carbonyl (C=O) groups is 2. The molecule has 0 bridgehead atoms. The fourth-order valence-corrected chi connectivity index (χ4v) is 2.90. The molecule has 0 unspecified atom stereocenters. The van der Waals surface area contributed by atoms with Gasteiger partial charge in [-0.1, -0.05) is 25.1 Å². The van der Waals surface area contributed by atoms with Crippen molar-refractivity contribution >= 4 is 17.4 Å². The van der Waals surface area contributed by atoms with Crippen LogP contribution in [0, 0.1) is 12.8 Å². The molecule has 1 aromatic carbocycles. The van der Waals surface area contributed by atoms with Gasteiger partial charge in [0.2, 0.25) is 0 Å². The van der Waals surface area contributed by atoms with E-state index in [0.717, 1.165) is 5.56 Å². The Bertz CT molecular complexity index is 852. The molecule has 118 valence electrons. The maximum absolute atomic E-state index is 12.4. The van der Waals surface area contributed by atoms with Gasteiger partial charge in [-0.05, 0) is 37.0 Å². The first kappa shape index (κ1) is 15.2. The molecular weight excluding hydrogens is 292 g/mol. The topological polar surface area (TPSA) is 79.0 Å². The fourth-order valence-electron chi connectivity index (χ4n) is 2.90. The van der Waals surface area contributed by atoms with Crippen LogP contribution in [0.1, 0.15) is 45.3 Å². The second kappa shape index (κ2) is 5.83. The number of nitrogens with one attached hydrogen (secondary N) is 2. The number of aromatic amines is 1. The molecule has 1 aliphatic rings. The third kappa shape index (κ3) is 2.95. The van der Waals surface area contributed by atoms with Crippen LogP contribution in [0.4, 0.5) is 5.69 Å². The number of aromatic nitrogens is 1. The molecule has 0 saturated heterocycles. The Morgan fingerprint density at radius 2 is 1.96 bits per heavy atom. The number of H-pyrrole nitrogens is 1. The number of para-hydroxylation sites is 1. The van der Waals surface area contributed by atoms with Gasteiger partial charge >= 0.3 is 0 Å². The van der Waals surface area contributed by atoms with Crippen molar-refractivity contribution in [2.45, 2.75) is 26.7 Å². The molecule has 1 amide bonds. The Hall–Kier alpha value is -2.69. The smallest absolute Gasteiger partial charge is 0.261 e. The average molecular weight is 310 g/mol. The number of pyridine rings is 1. The molecule has 0 saturated carbocycles. The van der Waals surface area contributed by atoms with Crippen LogP contribution in [0.25, 0.3) is 0 Å². The Balaban J connectivity index is 1.96. The van der Waals surface area contributed by atoms with E-state index >= 15 is 0 Å². The van der Waals surface area contributed by atoms with Gasteiger partial charge in [0.05, 0.1) is 0 Å². The first-order valence-corrected chi connectivity index (χ1v) is 7.62. The molecule has 5 nitrogen and oxygen atoms in total. The Labute approximate surface area is 133 Å². The number of carbonyl (C=O) groups excluding carboxylic acids is 2. The van der Waals surface area contributed by atoms with E-state index in [9.17, 15) is 14.4 Å². The van der Waals surface area contributed by atoms with Crippen molar-refractivity contribution in [3.8, 4) is 0 Å². The number of rotatable bonds is 2. The Morgan fingerprint density at radius 3 is 2.70 bits per heavy atom. The van der Waals surface area contributed by atoms with Crippen molar-refractivity contribution < 1.29 is 9.59 Å². The molecule has 1 heterocycles. The average Bonchev–Trinajstić information content (AvgIpc) is 2.48. The maximum atomic E-state index is 12.4. The number of hydrogen-bond acceptors (Lipinski definition) is 3. The molecule has 2 N–H and O–H groups in total. The van der Waals surface area contributed by atoms with Gasteiger partial charge in [-0.3, -0.25) is 14.4 Å². The Morgan fingerprint density at radius 1 is 1.22 bits per heavy atom. The van der Waals surface area contributed by atoms with E-state index in [-0.39, 0.29) is 17.3 Å². The van der Waals surface area contributed by atoms with Crippen molar-refractivity contribution in [2.75, 3.05) is 5.32 Å². The normalized spacial score (nSPS) is 16.8. The number of Topliss-reactive ketones (excluding diaryl/α,β-unsaturated/α-hetero) is 1. The number of anilines is 1. The summed E-state index contributed by atoms with van der Waals surface area (Å²) in [7, 11) is 0. The molecule has 2 aromatic rings. The SMILES string of the molecule is Cc1ccccc1NC(=O)c1cc2c([nH]c1=O)C[C@H](C)CC2=O. The predicted octanol–water partition coefficient (Wildman–Crippen LogP) is 2.70. The van der Waals surface area contributed by atoms with E-state index < -0.39 is 11.5 Å². The van der Waals surface area contributed by atoms with Crippen LogP contribution in [0.15, 0.2) is 35.1 Å². The first-order chi connectivity index (χ1) is 11.0. The summed E-state index contributed by atoms with van der Waals surface area (Å²) in [6.07, 6.45) is 1.09. The zero-order chi connectivity index (χ0) is 16.6. The number of benzene rings is 1. The lowest BCUT2D eigenvalue weighted by Gasteiger charge is -2.20. The highest BCUT2D eigenvalue weighted by Gasteiger charge is 2.25. The summed E-state index contributed by atoms with van der Waals surface area (Å²) in [4.78, 5) is 39.4. The van der Waals surface area contributed by atoms with Crippen LogP contribution < -0.4 is 10.9 Å². The molecule has 1 atom stereocenters.